The normalized spacial score (nSPS) is 17.9. The quantitative estimate of drug-likeness (QED) is 0.700. The van der Waals surface area contributed by atoms with Crippen LogP contribution in [0.15, 0.2) is 26.0 Å². The molecular formula is C14H20Br2N2O3S. The molecular weight excluding hydrogens is 436 g/mol. The summed E-state index contributed by atoms with van der Waals surface area (Å²) in [5.74, 6) is 0.587. The number of rotatable bonds is 4. The molecule has 0 aliphatic carbocycles. The van der Waals surface area contributed by atoms with Crippen molar-refractivity contribution in [2.24, 2.45) is 0 Å². The van der Waals surface area contributed by atoms with Crippen molar-refractivity contribution in [3.63, 3.8) is 0 Å². The summed E-state index contributed by atoms with van der Waals surface area (Å²) in [7, 11) is -1.94. The zero-order valence-electron chi connectivity index (χ0n) is 12.8. The minimum absolute atomic E-state index is 0.269. The van der Waals surface area contributed by atoms with E-state index in [9.17, 15) is 8.42 Å². The molecule has 1 fully saturated rings. The average Bonchev–Trinajstić information content (AvgIpc) is 2.47. The summed E-state index contributed by atoms with van der Waals surface area (Å²) in [6, 6.07) is 3.62. The molecule has 1 saturated heterocycles. The molecule has 22 heavy (non-hydrogen) atoms. The van der Waals surface area contributed by atoms with Crippen LogP contribution in [0.25, 0.3) is 0 Å². The molecule has 0 bridgehead atoms. The Morgan fingerprint density at radius 1 is 1.09 bits per heavy atom. The number of sulfonamides is 1. The van der Waals surface area contributed by atoms with E-state index in [4.69, 9.17) is 4.74 Å². The summed E-state index contributed by atoms with van der Waals surface area (Å²) >= 11 is 6.71. The number of hydrogen-bond donors (Lipinski definition) is 0. The maximum absolute atomic E-state index is 12.8. The van der Waals surface area contributed by atoms with Gasteiger partial charge in [-0.15, -0.1) is 0 Å². The largest absolute Gasteiger partial charge is 0.494 e. The van der Waals surface area contributed by atoms with Crippen molar-refractivity contribution in [3.05, 3.63) is 21.1 Å². The number of piperazine rings is 1. The summed E-state index contributed by atoms with van der Waals surface area (Å²) in [4.78, 5) is 2.55. The van der Waals surface area contributed by atoms with Gasteiger partial charge in [0.05, 0.1) is 21.0 Å². The summed E-state index contributed by atoms with van der Waals surface area (Å²) < 4.78 is 33.6. The lowest BCUT2D eigenvalue weighted by Crippen LogP contribution is -2.50. The molecule has 124 valence electrons. The van der Waals surface area contributed by atoms with Gasteiger partial charge >= 0.3 is 0 Å². The molecule has 1 aromatic carbocycles. The van der Waals surface area contributed by atoms with Crippen molar-refractivity contribution < 1.29 is 13.2 Å². The van der Waals surface area contributed by atoms with Crippen molar-refractivity contribution in [3.8, 4) is 5.75 Å². The van der Waals surface area contributed by atoms with Gasteiger partial charge in [0.15, 0.2) is 0 Å². The molecule has 0 unspecified atom stereocenters. The van der Waals surface area contributed by atoms with E-state index in [1.54, 1.807) is 23.5 Å². The van der Waals surface area contributed by atoms with E-state index in [1.165, 1.54) is 0 Å². The number of benzene rings is 1. The van der Waals surface area contributed by atoms with Crippen molar-refractivity contribution in [2.75, 3.05) is 33.3 Å². The number of ether oxygens (including phenoxy) is 1. The van der Waals surface area contributed by atoms with Crippen molar-refractivity contribution in [1.82, 2.24) is 9.21 Å². The van der Waals surface area contributed by atoms with E-state index < -0.39 is 10.0 Å². The van der Waals surface area contributed by atoms with Gasteiger partial charge < -0.3 is 4.74 Å². The summed E-state index contributed by atoms with van der Waals surface area (Å²) in [5, 5.41) is 0. The topological polar surface area (TPSA) is 49.9 Å². The molecule has 5 nitrogen and oxygen atoms in total. The first-order valence-corrected chi connectivity index (χ1v) is 10.1. The van der Waals surface area contributed by atoms with Gasteiger partial charge in [-0.25, -0.2) is 8.42 Å². The van der Waals surface area contributed by atoms with E-state index in [0.29, 0.717) is 33.8 Å². The fourth-order valence-electron chi connectivity index (χ4n) is 2.49. The van der Waals surface area contributed by atoms with Crippen LogP contribution in [-0.4, -0.2) is 57.0 Å². The van der Waals surface area contributed by atoms with Gasteiger partial charge in [-0.05, 0) is 57.8 Å². The first kappa shape index (κ1) is 18.2. The monoisotopic (exact) mass is 454 g/mol. The summed E-state index contributed by atoms with van der Waals surface area (Å²) in [6.07, 6.45) is 0. The van der Waals surface area contributed by atoms with Gasteiger partial charge in [0, 0.05) is 32.2 Å². The predicted molar refractivity (Wildman–Crippen MR) is 93.9 cm³/mol. The highest BCUT2D eigenvalue weighted by molar-refractivity contribution is 9.11. The highest BCUT2D eigenvalue weighted by atomic mass is 79.9. The Morgan fingerprint density at radius 2 is 1.59 bits per heavy atom. The third-order valence-corrected chi connectivity index (χ3v) is 6.87. The summed E-state index contributed by atoms with van der Waals surface area (Å²) in [6.45, 7) is 6.80. The Kier molecular flexibility index (Phi) is 5.93. The third kappa shape index (κ3) is 3.67. The smallest absolute Gasteiger partial charge is 0.243 e. The van der Waals surface area contributed by atoms with Crippen LogP contribution >= 0.6 is 31.9 Å². The molecule has 0 N–H and O–H groups in total. The van der Waals surface area contributed by atoms with Crippen LogP contribution < -0.4 is 4.74 Å². The lowest BCUT2D eigenvalue weighted by atomic mass is 10.3. The molecule has 0 spiro atoms. The minimum atomic E-state index is -3.49. The van der Waals surface area contributed by atoms with Crippen LogP contribution in [0.3, 0.4) is 0 Å². The Labute approximate surface area is 148 Å². The maximum Gasteiger partial charge on any atom is 0.243 e. The summed E-state index contributed by atoms with van der Waals surface area (Å²) in [5.41, 5.74) is 0. The first-order valence-electron chi connectivity index (χ1n) is 7.04. The second-order valence-electron chi connectivity index (χ2n) is 5.45. The molecule has 0 amide bonds. The van der Waals surface area contributed by atoms with E-state index in [2.05, 4.69) is 50.6 Å². The molecule has 1 aromatic rings. The number of nitrogens with zero attached hydrogens (tertiary/aromatic N) is 2. The van der Waals surface area contributed by atoms with Gasteiger partial charge in [-0.3, -0.25) is 4.90 Å². The van der Waals surface area contributed by atoms with E-state index in [-0.39, 0.29) is 4.90 Å². The lowest BCUT2D eigenvalue weighted by Gasteiger charge is -2.36. The van der Waals surface area contributed by atoms with Gasteiger partial charge in [-0.1, -0.05) is 0 Å². The second kappa shape index (κ2) is 7.17. The van der Waals surface area contributed by atoms with Crippen LogP contribution in [0.5, 0.6) is 5.75 Å². The predicted octanol–water partition coefficient (Wildman–Crippen LogP) is 2.93. The number of hydrogen-bond acceptors (Lipinski definition) is 4. The van der Waals surface area contributed by atoms with Gasteiger partial charge in [-0.2, -0.15) is 4.31 Å². The van der Waals surface area contributed by atoms with Gasteiger partial charge in [0.2, 0.25) is 10.0 Å². The third-order valence-electron chi connectivity index (χ3n) is 3.82. The molecule has 0 aromatic heterocycles. The van der Waals surface area contributed by atoms with Crippen LogP contribution in [0, 0.1) is 0 Å². The molecule has 8 heteroatoms. The van der Waals surface area contributed by atoms with Crippen molar-refractivity contribution in [1.29, 1.82) is 0 Å². The lowest BCUT2D eigenvalue weighted by molar-refractivity contribution is 0.154. The highest BCUT2D eigenvalue weighted by Gasteiger charge is 2.30. The number of halogens is 2. The Balaban J connectivity index is 2.25. The van der Waals surface area contributed by atoms with Crippen LogP contribution in [0.1, 0.15) is 13.8 Å². The molecule has 0 atom stereocenters. The van der Waals surface area contributed by atoms with Crippen LogP contribution in [0.4, 0.5) is 0 Å². The zero-order valence-corrected chi connectivity index (χ0v) is 16.8. The zero-order chi connectivity index (χ0) is 16.5. The van der Waals surface area contributed by atoms with E-state index in [1.807, 2.05) is 0 Å². The van der Waals surface area contributed by atoms with Crippen molar-refractivity contribution >= 4 is 41.9 Å². The molecule has 1 heterocycles. The van der Waals surface area contributed by atoms with Crippen LogP contribution in [-0.2, 0) is 10.0 Å². The molecule has 1 aliphatic heterocycles. The average molecular weight is 456 g/mol. The first-order chi connectivity index (χ1) is 10.3. The molecule has 2 rings (SSSR count). The van der Waals surface area contributed by atoms with Crippen molar-refractivity contribution in [2.45, 2.75) is 24.8 Å². The molecule has 1 aliphatic rings. The number of methoxy groups -OCH3 is 1. The second-order valence-corrected chi connectivity index (χ2v) is 9.10. The fourth-order valence-corrected chi connectivity index (χ4v) is 5.78. The Bertz CT molecular complexity index is 618. The maximum atomic E-state index is 12.8. The highest BCUT2D eigenvalue weighted by Crippen LogP contribution is 2.36. The van der Waals surface area contributed by atoms with Crippen LogP contribution in [0.2, 0.25) is 0 Å². The SMILES string of the molecule is COc1c(Br)cc(S(=O)(=O)N2CCN(C(C)C)CC2)cc1Br. The standard InChI is InChI=1S/C14H20Br2N2O3S/c1-10(2)17-4-6-18(7-5-17)22(19,20)11-8-12(15)14(21-3)13(16)9-11/h8-10H,4-7H2,1-3H3. The Morgan fingerprint density at radius 3 is 2.00 bits per heavy atom. The minimum Gasteiger partial charge on any atom is -0.494 e. The molecule has 0 saturated carbocycles. The van der Waals surface area contributed by atoms with E-state index >= 15 is 0 Å². The van der Waals surface area contributed by atoms with E-state index in [0.717, 1.165) is 13.1 Å². The van der Waals surface area contributed by atoms with Gasteiger partial charge in [0.1, 0.15) is 5.75 Å². The molecule has 0 radical (unpaired) electrons. The Hall–Kier alpha value is -0.150. The fraction of sp³-hybridized carbons (Fsp3) is 0.571. The van der Waals surface area contributed by atoms with Gasteiger partial charge in [0.25, 0.3) is 0 Å².